The Balaban J connectivity index is 2.16. The van der Waals surface area contributed by atoms with Gasteiger partial charge in [-0.25, -0.2) is 0 Å². The fourth-order valence-electron chi connectivity index (χ4n) is 2.81. The summed E-state index contributed by atoms with van der Waals surface area (Å²) in [7, 11) is 0. The summed E-state index contributed by atoms with van der Waals surface area (Å²) in [6.45, 7) is 0. The average molecular weight is 382 g/mol. The number of phenolic OH excluding ortho intramolecular Hbond substituents is 6. The van der Waals surface area contributed by atoms with Crippen LogP contribution in [0.4, 0.5) is 0 Å². The summed E-state index contributed by atoms with van der Waals surface area (Å²) in [6, 6.07) is 8.82. The molecular weight excluding hydrogens is 368 g/mol. The molecule has 0 bridgehead atoms. The summed E-state index contributed by atoms with van der Waals surface area (Å²) in [5, 5.41) is 58.5. The molecule has 142 valence electrons. The Morgan fingerprint density at radius 3 is 1.11 bits per heavy atom. The van der Waals surface area contributed by atoms with Crippen LogP contribution < -0.4 is 0 Å². The molecule has 0 radical (unpaired) electrons. The number of hydrogen-bond donors (Lipinski definition) is 6. The lowest BCUT2D eigenvalue weighted by atomic mass is 9.92. The Kier molecular flexibility index (Phi) is 4.54. The fourth-order valence-corrected chi connectivity index (χ4v) is 2.81. The Bertz CT molecular complexity index is 982. The Morgan fingerprint density at radius 1 is 0.536 bits per heavy atom. The van der Waals surface area contributed by atoms with E-state index in [1.807, 2.05) is 0 Å². The van der Waals surface area contributed by atoms with E-state index >= 15 is 0 Å². The molecule has 6 N–H and O–H groups in total. The fraction of sp³-hybridized carbons (Fsp3) is 0. The van der Waals surface area contributed by atoms with Crippen molar-refractivity contribution in [1.82, 2.24) is 0 Å². The maximum atomic E-state index is 12.9. The number of aromatic hydroxyl groups is 6. The van der Waals surface area contributed by atoms with Crippen LogP contribution in [0.25, 0.3) is 0 Å². The van der Waals surface area contributed by atoms with Gasteiger partial charge in [-0.15, -0.1) is 0 Å². The van der Waals surface area contributed by atoms with Gasteiger partial charge in [0.1, 0.15) is 45.6 Å². The van der Waals surface area contributed by atoms with Crippen molar-refractivity contribution in [3.63, 3.8) is 0 Å². The largest absolute Gasteiger partial charge is 0.508 e. The van der Waals surface area contributed by atoms with E-state index in [0.717, 1.165) is 24.3 Å². The minimum absolute atomic E-state index is 0.226. The highest BCUT2D eigenvalue weighted by molar-refractivity contribution is 6.22. The number of ketones is 2. The number of carbonyl (C=O) groups excluding carboxylic acids is 2. The molecule has 0 aromatic heterocycles. The molecule has 0 fully saturated rings. The van der Waals surface area contributed by atoms with E-state index in [4.69, 9.17) is 0 Å². The van der Waals surface area contributed by atoms with Crippen LogP contribution in [0.1, 0.15) is 31.8 Å². The van der Waals surface area contributed by atoms with Crippen molar-refractivity contribution >= 4 is 11.6 Å². The van der Waals surface area contributed by atoms with Gasteiger partial charge in [0.2, 0.25) is 11.6 Å². The second-order valence-electron chi connectivity index (χ2n) is 5.92. The van der Waals surface area contributed by atoms with Crippen molar-refractivity contribution in [2.45, 2.75) is 0 Å². The van der Waals surface area contributed by atoms with Crippen LogP contribution in [-0.2, 0) is 0 Å². The summed E-state index contributed by atoms with van der Waals surface area (Å²) in [5.41, 5.74) is -1.51. The molecule has 8 nitrogen and oxygen atoms in total. The van der Waals surface area contributed by atoms with Crippen LogP contribution in [-0.4, -0.2) is 42.2 Å². The van der Waals surface area contributed by atoms with E-state index in [9.17, 15) is 40.2 Å². The van der Waals surface area contributed by atoms with E-state index in [1.54, 1.807) is 0 Å². The lowest BCUT2D eigenvalue weighted by Gasteiger charge is -2.12. The molecule has 28 heavy (non-hydrogen) atoms. The minimum atomic E-state index is -0.920. The van der Waals surface area contributed by atoms with Crippen LogP contribution in [0.2, 0.25) is 0 Å². The predicted octanol–water partition coefficient (Wildman–Crippen LogP) is 2.38. The van der Waals surface area contributed by atoms with E-state index in [2.05, 4.69) is 0 Å². The lowest BCUT2D eigenvalue weighted by Crippen LogP contribution is -2.12. The molecule has 0 amide bonds. The van der Waals surface area contributed by atoms with Crippen LogP contribution in [0.15, 0.2) is 48.5 Å². The van der Waals surface area contributed by atoms with Crippen molar-refractivity contribution in [1.29, 1.82) is 0 Å². The van der Waals surface area contributed by atoms with Gasteiger partial charge in [0, 0.05) is 35.4 Å². The van der Waals surface area contributed by atoms with Crippen molar-refractivity contribution in [3.05, 3.63) is 70.8 Å². The zero-order valence-corrected chi connectivity index (χ0v) is 14.1. The summed E-state index contributed by atoms with van der Waals surface area (Å²) in [5.74, 6) is -5.54. The van der Waals surface area contributed by atoms with Crippen LogP contribution in [0.3, 0.4) is 0 Å². The molecule has 0 unspecified atom stereocenters. The van der Waals surface area contributed by atoms with E-state index < -0.39 is 57.2 Å². The van der Waals surface area contributed by atoms with Crippen molar-refractivity contribution in [2.24, 2.45) is 0 Å². The van der Waals surface area contributed by atoms with Gasteiger partial charge in [-0.2, -0.15) is 0 Å². The molecule has 0 aliphatic heterocycles. The second-order valence-corrected chi connectivity index (χ2v) is 5.92. The maximum absolute atomic E-state index is 12.9. The zero-order chi connectivity index (χ0) is 20.6. The smallest absolute Gasteiger partial charge is 0.201 e. The number of rotatable bonds is 4. The normalized spacial score (nSPS) is 10.6. The first-order valence-electron chi connectivity index (χ1n) is 7.89. The Hall–Kier alpha value is -4.20. The molecule has 0 heterocycles. The zero-order valence-electron chi connectivity index (χ0n) is 14.1. The van der Waals surface area contributed by atoms with Crippen LogP contribution >= 0.6 is 0 Å². The highest BCUT2D eigenvalue weighted by atomic mass is 16.3. The molecule has 0 spiro atoms. The van der Waals surface area contributed by atoms with Gasteiger partial charge in [-0.05, 0) is 0 Å². The summed E-state index contributed by atoms with van der Waals surface area (Å²) >= 11 is 0. The van der Waals surface area contributed by atoms with Gasteiger partial charge in [-0.1, -0.05) is 24.3 Å². The first kappa shape index (κ1) is 18.6. The first-order chi connectivity index (χ1) is 13.2. The standard InChI is InChI=1S/C20H14O8/c21-9-5-13(23)17(14(24)6-9)19(27)11-3-1-2-4-12(11)20(28)18-15(25)7-10(22)8-16(18)26/h1-8,21-26H. The predicted molar refractivity (Wildman–Crippen MR) is 96.2 cm³/mol. The quantitative estimate of drug-likeness (QED) is 0.376. The molecule has 3 aromatic rings. The van der Waals surface area contributed by atoms with Gasteiger partial charge in [0.15, 0.2) is 0 Å². The third kappa shape index (κ3) is 3.14. The molecule has 3 aromatic carbocycles. The molecule has 0 aliphatic rings. The van der Waals surface area contributed by atoms with E-state index in [-0.39, 0.29) is 11.1 Å². The Labute approximate surface area is 157 Å². The molecule has 0 saturated heterocycles. The van der Waals surface area contributed by atoms with E-state index in [0.29, 0.717) is 0 Å². The third-order valence-electron chi connectivity index (χ3n) is 4.03. The lowest BCUT2D eigenvalue weighted by molar-refractivity contribution is 0.0997. The van der Waals surface area contributed by atoms with Gasteiger partial charge in [0.25, 0.3) is 0 Å². The van der Waals surface area contributed by atoms with Gasteiger partial charge >= 0.3 is 0 Å². The second kappa shape index (κ2) is 6.84. The SMILES string of the molecule is O=C(c1ccccc1C(=O)c1c(O)cc(O)cc1O)c1c(O)cc(O)cc1O. The first-order valence-corrected chi connectivity index (χ1v) is 7.89. The van der Waals surface area contributed by atoms with Gasteiger partial charge < -0.3 is 30.6 Å². The molecule has 0 atom stereocenters. The number of carbonyl (C=O) groups is 2. The van der Waals surface area contributed by atoms with Crippen LogP contribution in [0, 0.1) is 0 Å². The number of hydrogen-bond acceptors (Lipinski definition) is 8. The molecule has 0 aliphatic carbocycles. The van der Waals surface area contributed by atoms with Gasteiger partial charge in [0.05, 0.1) is 0 Å². The monoisotopic (exact) mass is 382 g/mol. The third-order valence-corrected chi connectivity index (χ3v) is 4.03. The van der Waals surface area contributed by atoms with Crippen molar-refractivity contribution in [2.75, 3.05) is 0 Å². The van der Waals surface area contributed by atoms with Gasteiger partial charge in [-0.3, -0.25) is 9.59 Å². The molecule has 3 rings (SSSR count). The summed E-state index contributed by atoms with van der Waals surface area (Å²) < 4.78 is 0. The number of benzene rings is 3. The average Bonchev–Trinajstić information content (AvgIpc) is 2.59. The highest BCUT2D eigenvalue weighted by Crippen LogP contribution is 2.37. The minimum Gasteiger partial charge on any atom is -0.508 e. The topological polar surface area (TPSA) is 156 Å². The van der Waals surface area contributed by atoms with Crippen LogP contribution in [0.5, 0.6) is 34.5 Å². The van der Waals surface area contributed by atoms with E-state index in [1.165, 1.54) is 24.3 Å². The van der Waals surface area contributed by atoms with Crippen molar-refractivity contribution < 1.29 is 40.2 Å². The summed E-state index contributed by atoms with van der Waals surface area (Å²) in [6.07, 6.45) is 0. The van der Waals surface area contributed by atoms with Crippen molar-refractivity contribution in [3.8, 4) is 34.5 Å². The highest BCUT2D eigenvalue weighted by Gasteiger charge is 2.27. The summed E-state index contributed by atoms with van der Waals surface area (Å²) in [4.78, 5) is 25.7. The Morgan fingerprint density at radius 2 is 0.821 bits per heavy atom. The molecular formula is C20H14O8. The number of phenols is 6. The maximum Gasteiger partial charge on any atom is 0.201 e. The molecule has 0 saturated carbocycles. The molecule has 8 heteroatoms.